The molecule has 220 valence electrons. The number of halogens is 3. The van der Waals surface area contributed by atoms with Crippen LogP contribution in [0, 0.1) is 11.3 Å². The van der Waals surface area contributed by atoms with Crippen LogP contribution in [0.3, 0.4) is 0 Å². The van der Waals surface area contributed by atoms with Crippen LogP contribution in [0.15, 0.2) is 65.2 Å². The van der Waals surface area contributed by atoms with E-state index < -0.39 is 11.7 Å². The van der Waals surface area contributed by atoms with Crippen molar-refractivity contribution in [3.63, 3.8) is 0 Å². The normalized spacial score (nSPS) is 12.9. The van der Waals surface area contributed by atoms with Gasteiger partial charge in [-0.1, -0.05) is 82.1 Å². The zero-order valence-electron chi connectivity index (χ0n) is 24.1. The number of fused-ring (bicyclic) bond motifs is 1. The van der Waals surface area contributed by atoms with Gasteiger partial charge < -0.3 is 15.0 Å². The molecular formula is C32H39F3N4O2. The smallest absolute Gasteiger partial charge is 0.416 e. The van der Waals surface area contributed by atoms with Gasteiger partial charge in [0.05, 0.1) is 18.0 Å². The number of ether oxygens (including phenoxy) is 1. The summed E-state index contributed by atoms with van der Waals surface area (Å²) >= 11 is 0. The number of rotatable bonds is 11. The SMILES string of the molecule is CCC(C)C(=N)N.CCCCC(C)c1nc(-c2ccc3cc(OCCc4ccccc4C(F)(F)F)ccc3c2)no1. The Kier molecular flexibility index (Phi) is 11.3. The molecule has 0 spiro atoms. The maximum Gasteiger partial charge on any atom is 0.416 e. The minimum Gasteiger partial charge on any atom is -0.493 e. The topological polar surface area (TPSA) is 98.0 Å². The van der Waals surface area contributed by atoms with E-state index in [-0.39, 0.29) is 30.4 Å². The fourth-order valence-electron chi connectivity index (χ4n) is 4.15. The van der Waals surface area contributed by atoms with Crippen LogP contribution in [0.2, 0.25) is 0 Å². The quantitative estimate of drug-likeness (QED) is 0.139. The Hall–Kier alpha value is -3.88. The number of amidine groups is 1. The van der Waals surface area contributed by atoms with Crippen molar-refractivity contribution in [1.82, 2.24) is 10.1 Å². The average molecular weight is 569 g/mol. The summed E-state index contributed by atoms with van der Waals surface area (Å²) in [5.74, 6) is 2.60. The molecule has 6 nitrogen and oxygen atoms in total. The van der Waals surface area contributed by atoms with Crippen molar-refractivity contribution in [2.45, 2.75) is 71.9 Å². The van der Waals surface area contributed by atoms with Crippen molar-refractivity contribution >= 4 is 16.6 Å². The first-order valence-electron chi connectivity index (χ1n) is 14.0. The molecule has 2 atom stereocenters. The van der Waals surface area contributed by atoms with Crippen molar-refractivity contribution in [2.24, 2.45) is 11.7 Å². The lowest BCUT2D eigenvalue weighted by Crippen LogP contribution is -2.18. The third-order valence-corrected chi connectivity index (χ3v) is 7.03. The number of unbranched alkanes of at least 4 members (excludes halogenated alkanes) is 1. The molecular weight excluding hydrogens is 529 g/mol. The molecule has 1 heterocycles. The molecule has 2 unspecified atom stereocenters. The minimum atomic E-state index is -4.37. The molecule has 3 aromatic carbocycles. The molecule has 0 bridgehead atoms. The first-order chi connectivity index (χ1) is 19.5. The molecule has 4 rings (SSSR count). The zero-order chi connectivity index (χ0) is 30.0. The highest BCUT2D eigenvalue weighted by Gasteiger charge is 2.32. The Bertz CT molecular complexity index is 1420. The van der Waals surface area contributed by atoms with Gasteiger partial charge >= 0.3 is 6.18 Å². The van der Waals surface area contributed by atoms with Crippen molar-refractivity contribution in [3.8, 4) is 17.1 Å². The molecule has 0 amide bonds. The van der Waals surface area contributed by atoms with Gasteiger partial charge in [0.25, 0.3) is 0 Å². The third-order valence-electron chi connectivity index (χ3n) is 7.03. The summed E-state index contributed by atoms with van der Waals surface area (Å²) in [4.78, 5) is 4.57. The number of alkyl halides is 3. The highest BCUT2D eigenvalue weighted by molar-refractivity contribution is 5.87. The van der Waals surface area contributed by atoms with Crippen molar-refractivity contribution in [2.75, 3.05) is 6.61 Å². The molecule has 41 heavy (non-hydrogen) atoms. The summed E-state index contributed by atoms with van der Waals surface area (Å²) in [5.41, 5.74) is 5.60. The second-order valence-electron chi connectivity index (χ2n) is 10.2. The maximum atomic E-state index is 13.2. The van der Waals surface area contributed by atoms with Gasteiger partial charge in [-0.2, -0.15) is 18.2 Å². The van der Waals surface area contributed by atoms with E-state index in [0.717, 1.165) is 48.1 Å². The van der Waals surface area contributed by atoms with E-state index in [1.165, 1.54) is 12.1 Å². The van der Waals surface area contributed by atoms with E-state index in [9.17, 15) is 13.2 Å². The lowest BCUT2D eigenvalue weighted by Gasteiger charge is -2.13. The standard InChI is InChI=1S/C27H27F3N2O2.C5H12N2/c1-3-4-7-18(2)26-31-25(32-34-26)22-11-10-21-17-23(13-12-20(21)16-22)33-15-14-19-8-5-6-9-24(19)27(28,29)30;1-3-4(2)5(6)7/h5-6,8-13,16-18H,3-4,7,14-15H2,1-2H3;4H,3H2,1-2H3,(H3,6,7). The largest absolute Gasteiger partial charge is 0.493 e. The number of aromatic nitrogens is 2. The minimum absolute atomic E-state index is 0.151. The van der Waals surface area contributed by atoms with Gasteiger partial charge in [-0.25, -0.2) is 0 Å². The molecule has 0 fully saturated rings. The van der Waals surface area contributed by atoms with Gasteiger partial charge in [0, 0.05) is 23.8 Å². The van der Waals surface area contributed by atoms with Crippen LogP contribution in [-0.4, -0.2) is 22.6 Å². The molecule has 9 heteroatoms. The van der Waals surface area contributed by atoms with Crippen LogP contribution < -0.4 is 10.5 Å². The van der Waals surface area contributed by atoms with Gasteiger partial charge in [0.2, 0.25) is 11.7 Å². The van der Waals surface area contributed by atoms with Gasteiger partial charge in [-0.05, 0) is 53.4 Å². The second-order valence-corrected chi connectivity index (χ2v) is 10.2. The summed E-state index contributed by atoms with van der Waals surface area (Å²) in [6.45, 7) is 8.37. The van der Waals surface area contributed by atoms with E-state index in [1.807, 2.05) is 50.2 Å². The van der Waals surface area contributed by atoms with E-state index in [1.54, 1.807) is 6.07 Å². The third kappa shape index (κ3) is 9.06. The molecule has 0 radical (unpaired) electrons. The summed E-state index contributed by atoms with van der Waals surface area (Å²) in [7, 11) is 0. The summed E-state index contributed by atoms with van der Waals surface area (Å²) in [5, 5.41) is 13.0. The Morgan fingerprint density at radius 2 is 1.73 bits per heavy atom. The first-order valence-corrected chi connectivity index (χ1v) is 14.0. The number of nitrogens with two attached hydrogens (primary N) is 1. The Morgan fingerprint density at radius 1 is 1.02 bits per heavy atom. The van der Waals surface area contributed by atoms with Crippen LogP contribution in [0.25, 0.3) is 22.2 Å². The van der Waals surface area contributed by atoms with Crippen molar-refractivity contribution in [3.05, 3.63) is 77.7 Å². The fraction of sp³-hybridized carbons (Fsp3) is 0.406. The predicted octanol–water partition coefficient (Wildman–Crippen LogP) is 8.79. The summed E-state index contributed by atoms with van der Waals surface area (Å²) in [6.07, 6.45) is 0.0280. The van der Waals surface area contributed by atoms with Crippen LogP contribution in [0.4, 0.5) is 13.2 Å². The molecule has 0 saturated heterocycles. The van der Waals surface area contributed by atoms with E-state index in [2.05, 4.69) is 24.0 Å². The van der Waals surface area contributed by atoms with Crippen molar-refractivity contribution in [1.29, 1.82) is 5.41 Å². The molecule has 0 aliphatic heterocycles. The lowest BCUT2D eigenvalue weighted by atomic mass is 10.0. The monoisotopic (exact) mass is 568 g/mol. The van der Waals surface area contributed by atoms with E-state index >= 15 is 0 Å². The van der Waals surface area contributed by atoms with Gasteiger partial charge in [-0.3, -0.25) is 5.41 Å². The van der Waals surface area contributed by atoms with E-state index in [4.69, 9.17) is 20.4 Å². The number of nitrogens with zero attached hydrogens (tertiary/aromatic N) is 2. The Morgan fingerprint density at radius 3 is 2.39 bits per heavy atom. The van der Waals surface area contributed by atoms with Gasteiger partial charge in [0.1, 0.15) is 5.75 Å². The lowest BCUT2D eigenvalue weighted by molar-refractivity contribution is -0.138. The van der Waals surface area contributed by atoms with Crippen molar-refractivity contribution < 1.29 is 22.4 Å². The number of hydrogen-bond acceptors (Lipinski definition) is 5. The van der Waals surface area contributed by atoms with Gasteiger partial charge in [0.15, 0.2) is 0 Å². The maximum absolute atomic E-state index is 13.2. The highest BCUT2D eigenvalue weighted by Crippen LogP contribution is 2.32. The van der Waals surface area contributed by atoms with Crippen LogP contribution in [0.5, 0.6) is 5.75 Å². The molecule has 1 aromatic heterocycles. The molecule has 3 N–H and O–H groups in total. The Balaban J connectivity index is 0.000000587. The summed E-state index contributed by atoms with van der Waals surface area (Å²) in [6, 6.07) is 17.1. The zero-order valence-corrected chi connectivity index (χ0v) is 24.1. The molecule has 0 saturated carbocycles. The van der Waals surface area contributed by atoms with Crippen LogP contribution in [-0.2, 0) is 12.6 Å². The Labute approximate surface area is 239 Å². The number of hydrogen-bond donors (Lipinski definition) is 2. The number of nitrogens with one attached hydrogen (secondary N) is 1. The fourth-order valence-corrected chi connectivity index (χ4v) is 4.15. The average Bonchev–Trinajstić information content (AvgIpc) is 3.46. The molecule has 4 aromatic rings. The van der Waals surface area contributed by atoms with Crippen LogP contribution >= 0.6 is 0 Å². The molecule has 0 aliphatic rings. The van der Waals surface area contributed by atoms with E-state index in [0.29, 0.717) is 23.3 Å². The number of benzene rings is 3. The molecule has 0 aliphatic carbocycles. The predicted molar refractivity (Wildman–Crippen MR) is 157 cm³/mol. The highest BCUT2D eigenvalue weighted by atomic mass is 19.4. The van der Waals surface area contributed by atoms with Gasteiger partial charge in [-0.15, -0.1) is 0 Å². The summed E-state index contributed by atoms with van der Waals surface area (Å²) < 4.78 is 50.7. The first kappa shape index (κ1) is 31.6. The van der Waals surface area contributed by atoms with Crippen LogP contribution in [0.1, 0.15) is 76.3 Å². The second kappa shape index (κ2) is 14.7.